The highest BCUT2D eigenvalue weighted by Gasteiger charge is 2.21. The summed E-state index contributed by atoms with van der Waals surface area (Å²) in [6.45, 7) is 0.626. The molecule has 15 heavy (non-hydrogen) atoms. The zero-order valence-corrected chi connectivity index (χ0v) is 8.92. The number of hydrogen-bond donors (Lipinski definition) is 1. The van der Waals surface area contributed by atoms with E-state index in [-0.39, 0.29) is 0 Å². The lowest BCUT2D eigenvalue weighted by Crippen LogP contribution is -2.19. The minimum Gasteiger partial charge on any atom is -0.497 e. The molecular formula is C13H15NO. The molecule has 1 aliphatic rings. The van der Waals surface area contributed by atoms with Crippen LogP contribution < -0.4 is 10.1 Å². The molecular weight excluding hydrogens is 186 g/mol. The predicted octanol–water partition coefficient (Wildman–Crippen LogP) is 1.91. The van der Waals surface area contributed by atoms with Gasteiger partial charge in [-0.05, 0) is 36.1 Å². The Balaban J connectivity index is 2.20. The molecule has 0 bridgehead atoms. The van der Waals surface area contributed by atoms with Crippen LogP contribution in [0.5, 0.6) is 5.75 Å². The van der Waals surface area contributed by atoms with Crippen molar-refractivity contribution in [2.75, 3.05) is 13.7 Å². The molecule has 0 aromatic heterocycles. The molecule has 1 N–H and O–H groups in total. The smallest absolute Gasteiger partial charge is 0.119 e. The minimum absolute atomic E-state index is 0.395. The third-order valence-corrected chi connectivity index (χ3v) is 2.88. The largest absolute Gasteiger partial charge is 0.497 e. The fraction of sp³-hybridized carbons (Fsp3) is 0.385. The molecule has 78 valence electrons. The van der Waals surface area contributed by atoms with Crippen molar-refractivity contribution in [2.24, 2.45) is 0 Å². The molecule has 1 aromatic rings. The van der Waals surface area contributed by atoms with Crippen molar-refractivity contribution < 1.29 is 4.74 Å². The molecule has 2 heteroatoms. The zero-order valence-electron chi connectivity index (χ0n) is 8.92. The standard InChI is InChI=1S/C13H15NO/c1-3-8-14-13-7-5-10-4-6-11(15-2)9-12(10)13/h1,4,6,9,13-14H,5,7-8H2,2H3/t13-/m1/s1. The molecule has 0 spiro atoms. The summed E-state index contributed by atoms with van der Waals surface area (Å²) in [6.07, 6.45) is 7.50. The van der Waals surface area contributed by atoms with E-state index >= 15 is 0 Å². The van der Waals surface area contributed by atoms with Gasteiger partial charge in [0.25, 0.3) is 0 Å². The third-order valence-electron chi connectivity index (χ3n) is 2.88. The molecule has 0 aliphatic heterocycles. The summed E-state index contributed by atoms with van der Waals surface area (Å²) >= 11 is 0. The highest BCUT2D eigenvalue weighted by atomic mass is 16.5. The first-order valence-electron chi connectivity index (χ1n) is 5.19. The van der Waals surface area contributed by atoms with E-state index in [4.69, 9.17) is 11.2 Å². The lowest BCUT2D eigenvalue weighted by molar-refractivity contribution is 0.413. The lowest BCUT2D eigenvalue weighted by Gasteiger charge is -2.12. The van der Waals surface area contributed by atoms with Gasteiger partial charge in [-0.3, -0.25) is 5.32 Å². The SMILES string of the molecule is C#CCN[C@@H]1CCc2ccc(OC)cc21. The monoisotopic (exact) mass is 201 g/mol. The highest BCUT2D eigenvalue weighted by Crippen LogP contribution is 2.33. The average molecular weight is 201 g/mol. The Morgan fingerprint density at radius 3 is 3.20 bits per heavy atom. The molecule has 0 saturated heterocycles. The Hall–Kier alpha value is -1.46. The van der Waals surface area contributed by atoms with Crippen molar-refractivity contribution in [3.05, 3.63) is 29.3 Å². The normalized spacial score (nSPS) is 18.3. The molecule has 0 heterocycles. The summed E-state index contributed by atoms with van der Waals surface area (Å²) in [6, 6.07) is 6.66. The van der Waals surface area contributed by atoms with Gasteiger partial charge in [-0.15, -0.1) is 6.42 Å². The first-order chi connectivity index (χ1) is 7.35. The Morgan fingerprint density at radius 1 is 1.60 bits per heavy atom. The second kappa shape index (κ2) is 4.37. The van der Waals surface area contributed by atoms with E-state index in [1.54, 1.807) is 7.11 Å². The first-order valence-corrected chi connectivity index (χ1v) is 5.19. The van der Waals surface area contributed by atoms with Crippen LogP contribution in [0, 0.1) is 12.3 Å². The fourth-order valence-electron chi connectivity index (χ4n) is 2.10. The van der Waals surface area contributed by atoms with Crippen molar-refractivity contribution in [3.63, 3.8) is 0 Å². The lowest BCUT2D eigenvalue weighted by atomic mass is 10.1. The molecule has 1 atom stereocenters. The topological polar surface area (TPSA) is 21.3 Å². The summed E-state index contributed by atoms with van der Waals surface area (Å²) in [5.74, 6) is 3.53. The van der Waals surface area contributed by atoms with Gasteiger partial charge in [0, 0.05) is 6.04 Å². The molecule has 2 rings (SSSR count). The van der Waals surface area contributed by atoms with Gasteiger partial charge in [0.05, 0.1) is 13.7 Å². The van der Waals surface area contributed by atoms with Crippen LogP contribution in [0.1, 0.15) is 23.6 Å². The molecule has 0 fully saturated rings. The van der Waals surface area contributed by atoms with Gasteiger partial charge in [-0.25, -0.2) is 0 Å². The number of rotatable bonds is 3. The second-order valence-electron chi connectivity index (χ2n) is 3.74. The summed E-state index contributed by atoms with van der Waals surface area (Å²) in [4.78, 5) is 0. The van der Waals surface area contributed by atoms with Crippen molar-refractivity contribution in [1.29, 1.82) is 0 Å². The van der Waals surface area contributed by atoms with Crippen LogP contribution in [0.3, 0.4) is 0 Å². The number of ether oxygens (including phenoxy) is 1. The average Bonchev–Trinajstić information content (AvgIpc) is 2.68. The van der Waals surface area contributed by atoms with Gasteiger partial charge in [0.1, 0.15) is 5.75 Å². The Labute approximate surface area is 90.6 Å². The van der Waals surface area contributed by atoms with Gasteiger partial charge in [-0.1, -0.05) is 12.0 Å². The number of benzene rings is 1. The van der Waals surface area contributed by atoms with Crippen LogP contribution >= 0.6 is 0 Å². The van der Waals surface area contributed by atoms with Crippen molar-refractivity contribution in [1.82, 2.24) is 5.32 Å². The zero-order chi connectivity index (χ0) is 10.7. The number of fused-ring (bicyclic) bond motifs is 1. The van der Waals surface area contributed by atoms with Gasteiger partial charge < -0.3 is 4.74 Å². The molecule has 1 aromatic carbocycles. The second-order valence-corrected chi connectivity index (χ2v) is 3.74. The maximum atomic E-state index is 5.25. The van der Waals surface area contributed by atoms with Crippen LogP contribution in [-0.4, -0.2) is 13.7 Å². The summed E-state index contributed by atoms with van der Waals surface area (Å²) in [5.41, 5.74) is 2.75. The fourth-order valence-corrected chi connectivity index (χ4v) is 2.10. The maximum absolute atomic E-state index is 5.25. The van der Waals surface area contributed by atoms with E-state index in [0.29, 0.717) is 12.6 Å². The molecule has 0 amide bonds. The molecule has 0 unspecified atom stereocenters. The molecule has 0 saturated carbocycles. The van der Waals surface area contributed by atoms with E-state index in [2.05, 4.69) is 23.4 Å². The molecule has 2 nitrogen and oxygen atoms in total. The van der Waals surface area contributed by atoms with Crippen molar-refractivity contribution >= 4 is 0 Å². The van der Waals surface area contributed by atoms with Gasteiger partial charge in [0.2, 0.25) is 0 Å². The molecule has 0 radical (unpaired) electrons. The number of nitrogens with one attached hydrogen (secondary N) is 1. The number of methoxy groups -OCH3 is 1. The number of hydrogen-bond acceptors (Lipinski definition) is 2. The predicted molar refractivity (Wildman–Crippen MR) is 60.9 cm³/mol. The van der Waals surface area contributed by atoms with E-state index in [1.807, 2.05) is 6.07 Å². The number of aryl methyl sites for hydroxylation is 1. The maximum Gasteiger partial charge on any atom is 0.119 e. The Kier molecular flexibility index (Phi) is 2.94. The highest BCUT2D eigenvalue weighted by molar-refractivity contribution is 5.40. The van der Waals surface area contributed by atoms with Gasteiger partial charge >= 0.3 is 0 Å². The van der Waals surface area contributed by atoms with Crippen molar-refractivity contribution in [2.45, 2.75) is 18.9 Å². The first kappa shape index (κ1) is 10.1. The van der Waals surface area contributed by atoms with E-state index in [9.17, 15) is 0 Å². The summed E-state index contributed by atoms with van der Waals surface area (Å²) < 4.78 is 5.22. The van der Waals surface area contributed by atoms with Crippen LogP contribution in [0.25, 0.3) is 0 Å². The number of terminal acetylenes is 1. The Morgan fingerprint density at radius 2 is 2.47 bits per heavy atom. The van der Waals surface area contributed by atoms with Crippen LogP contribution in [0.15, 0.2) is 18.2 Å². The Bertz CT molecular complexity index is 392. The van der Waals surface area contributed by atoms with E-state index in [0.717, 1.165) is 18.6 Å². The van der Waals surface area contributed by atoms with Gasteiger partial charge in [0.15, 0.2) is 0 Å². The van der Waals surface area contributed by atoms with E-state index in [1.165, 1.54) is 11.1 Å². The van der Waals surface area contributed by atoms with Crippen LogP contribution in [-0.2, 0) is 6.42 Å². The minimum atomic E-state index is 0.395. The van der Waals surface area contributed by atoms with E-state index < -0.39 is 0 Å². The van der Waals surface area contributed by atoms with Crippen LogP contribution in [0.4, 0.5) is 0 Å². The van der Waals surface area contributed by atoms with Crippen LogP contribution in [0.2, 0.25) is 0 Å². The quantitative estimate of drug-likeness (QED) is 0.754. The summed E-state index contributed by atoms with van der Waals surface area (Å²) in [5, 5.41) is 3.35. The van der Waals surface area contributed by atoms with Crippen molar-refractivity contribution in [3.8, 4) is 18.1 Å². The molecule has 1 aliphatic carbocycles. The third kappa shape index (κ3) is 1.98. The van der Waals surface area contributed by atoms with Gasteiger partial charge in [-0.2, -0.15) is 0 Å². The summed E-state index contributed by atoms with van der Waals surface area (Å²) in [7, 11) is 1.69.